The SMILES string of the molecule is NNC=O.[CaH2]. The maximum absolute atomic E-state index is 8.94. The van der Waals surface area contributed by atoms with Gasteiger partial charge < -0.3 is 0 Å². The molecule has 0 aromatic carbocycles. The third-order valence-electron chi connectivity index (χ3n) is 0.0680. The first-order valence-electron chi connectivity index (χ1n) is 0.813. The van der Waals surface area contributed by atoms with Crippen molar-refractivity contribution in [2.24, 2.45) is 5.84 Å². The first kappa shape index (κ1) is 9.19. The molecule has 0 fully saturated rings. The Kier molecular flexibility index (Phi) is 16.2. The minimum absolute atomic E-state index is 0. The Morgan fingerprint density at radius 2 is 2.00 bits per heavy atom. The third-order valence-corrected chi connectivity index (χ3v) is 0.0680. The van der Waals surface area contributed by atoms with E-state index in [0.717, 1.165) is 0 Å². The summed E-state index contributed by atoms with van der Waals surface area (Å²) in [7, 11) is 0. The van der Waals surface area contributed by atoms with Gasteiger partial charge in [-0.1, -0.05) is 0 Å². The van der Waals surface area contributed by atoms with E-state index < -0.39 is 0 Å². The summed E-state index contributed by atoms with van der Waals surface area (Å²) in [4.78, 5) is 8.94. The number of hydrazine groups is 1. The number of nitrogens with two attached hydrogens (primary N) is 1. The van der Waals surface area contributed by atoms with Crippen molar-refractivity contribution in [3.63, 3.8) is 0 Å². The summed E-state index contributed by atoms with van der Waals surface area (Å²) < 4.78 is 0. The Morgan fingerprint density at radius 3 is 2.00 bits per heavy atom. The first-order chi connectivity index (χ1) is 1.91. The van der Waals surface area contributed by atoms with Crippen LogP contribution in [0.25, 0.3) is 0 Å². The molecule has 0 rings (SSSR count). The van der Waals surface area contributed by atoms with Gasteiger partial charge in [-0.25, -0.2) is 5.84 Å². The van der Waals surface area contributed by atoms with Crippen LogP contribution in [0, 0.1) is 0 Å². The fourth-order valence-corrected chi connectivity index (χ4v) is 0. The number of nitrogens with one attached hydrogen (secondary N) is 1. The zero-order valence-corrected chi connectivity index (χ0v) is 2.06. The van der Waals surface area contributed by atoms with Crippen LogP contribution in [0.2, 0.25) is 0 Å². The van der Waals surface area contributed by atoms with Gasteiger partial charge >= 0.3 is 37.7 Å². The van der Waals surface area contributed by atoms with Crippen LogP contribution in [0.4, 0.5) is 0 Å². The van der Waals surface area contributed by atoms with Crippen LogP contribution >= 0.6 is 0 Å². The van der Waals surface area contributed by atoms with Crippen LogP contribution in [-0.4, -0.2) is 44.1 Å². The summed E-state index contributed by atoms with van der Waals surface area (Å²) in [6.07, 6.45) is 0.403. The summed E-state index contributed by atoms with van der Waals surface area (Å²) in [5.41, 5.74) is 1.75. The summed E-state index contributed by atoms with van der Waals surface area (Å²) in [6.45, 7) is 0. The topological polar surface area (TPSA) is 55.1 Å². The number of carbonyl (C=O) groups excluding carboxylic acids is 1. The standard InChI is InChI=1S/CH4N2O.Ca.2H/c2-3-1-4;;;/h1H,2H2,(H,3,4);;;. The molecule has 0 saturated heterocycles. The minimum atomic E-state index is 0. The monoisotopic (exact) mass is 102 g/mol. The molecule has 0 unspecified atom stereocenters. The average Bonchev–Trinajstić information content (AvgIpc) is 1.37. The van der Waals surface area contributed by atoms with Crippen LogP contribution in [0.1, 0.15) is 0 Å². The molecule has 0 spiro atoms. The van der Waals surface area contributed by atoms with Crippen LogP contribution < -0.4 is 11.3 Å². The molecule has 0 aromatic heterocycles. The molecule has 1 amide bonds. The van der Waals surface area contributed by atoms with Crippen molar-refractivity contribution < 1.29 is 4.79 Å². The first-order valence-corrected chi connectivity index (χ1v) is 0.813. The Bertz CT molecular complexity index is 23.6. The summed E-state index contributed by atoms with van der Waals surface area (Å²) >= 11 is 0. The Morgan fingerprint density at radius 1 is 1.80 bits per heavy atom. The van der Waals surface area contributed by atoms with Gasteiger partial charge in [0.05, 0.1) is 0 Å². The van der Waals surface area contributed by atoms with Crippen molar-refractivity contribution in [1.29, 1.82) is 0 Å². The van der Waals surface area contributed by atoms with Gasteiger partial charge in [0.1, 0.15) is 0 Å². The third kappa shape index (κ3) is 11.9. The van der Waals surface area contributed by atoms with Crippen molar-refractivity contribution in [1.82, 2.24) is 5.43 Å². The Labute approximate surface area is 59.9 Å². The van der Waals surface area contributed by atoms with E-state index in [9.17, 15) is 0 Å². The Hall–Kier alpha value is 0.690. The second-order valence-corrected chi connectivity index (χ2v) is 0.285. The van der Waals surface area contributed by atoms with Crippen molar-refractivity contribution in [2.75, 3.05) is 0 Å². The molecule has 3 nitrogen and oxygen atoms in total. The quantitative estimate of drug-likeness (QED) is 0.128. The molecule has 3 N–H and O–H groups in total. The van der Waals surface area contributed by atoms with Gasteiger partial charge in [-0.15, -0.1) is 0 Å². The van der Waals surface area contributed by atoms with E-state index in [2.05, 4.69) is 5.84 Å². The van der Waals surface area contributed by atoms with Crippen LogP contribution in [-0.2, 0) is 4.79 Å². The molecule has 0 heterocycles. The second kappa shape index (κ2) is 8.83. The van der Waals surface area contributed by atoms with E-state index in [4.69, 9.17) is 4.79 Å². The summed E-state index contributed by atoms with van der Waals surface area (Å²) in [5, 5.41) is 0. The van der Waals surface area contributed by atoms with Crippen molar-refractivity contribution >= 4 is 44.1 Å². The van der Waals surface area contributed by atoms with Crippen molar-refractivity contribution in [3.05, 3.63) is 0 Å². The van der Waals surface area contributed by atoms with Gasteiger partial charge in [-0.05, 0) is 0 Å². The molecular weight excluding hydrogens is 96.1 g/mol. The molecular formula is CH6CaN2O. The molecule has 0 saturated carbocycles. The molecule has 5 heavy (non-hydrogen) atoms. The molecule has 0 aliphatic carbocycles. The number of carbonyl (C=O) groups is 1. The van der Waals surface area contributed by atoms with Gasteiger partial charge in [0.15, 0.2) is 0 Å². The molecule has 4 heteroatoms. The van der Waals surface area contributed by atoms with Gasteiger partial charge in [-0.3, -0.25) is 10.2 Å². The fourth-order valence-electron chi connectivity index (χ4n) is 0. The zero-order valence-electron chi connectivity index (χ0n) is 2.06. The molecule has 0 atom stereocenters. The van der Waals surface area contributed by atoms with Gasteiger partial charge in [0.25, 0.3) is 0 Å². The van der Waals surface area contributed by atoms with Gasteiger partial charge in [0, 0.05) is 0 Å². The number of hydrogen-bond acceptors (Lipinski definition) is 2. The van der Waals surface area contributed by atoms with Crippen molar-refractivity contribution in [2.45, 2.75) is 0 Å². The number of hydrogen-bond donors (Lipinski definition) is 2. The van der Waals surface area contributed by atoms with Crippen molar-refractivity contribution in [3.8, 4) is 0 Å². The molecule has 0 aliphatic heterocycles. The number of rotatable bonds is 1. The van der Waals surface area contributed by atoms with Crippen LogP contribution in [0.3, 0.4) is 0 Å². The van der Waals surface area contributed by atoms with E-state index in [-0.39, 0.29) is 37.7 Å². The Balaban J connectivity index is 0. The number of amides is 1. The van der Waals surface area contributed by atoms with E-state index in [1.165, 1.54) is 0 Å². The van der Waals surface area contributed by atoms with Gasteiger partial charge in [-0.2, -0.15) is 0 Å². The van der Waals surface area contributed by atoms with E-state index in [1.54, 1.807) is 5.43 Å². The molecule has 0 aromatic rings. The zero-order chi connectivity index (χ0) is 3.41. The predicted molar refractivity (Wildman–Crippen MR) is 21.9 cm³/mol. The fraction of sp³-hybridized carbons (Fsp3) is 0. The predicted octanol–water partition coefficient (Wildman–Crippen LogP) is -2.31. The van der Waals surface area contributed by atoms with E-state index >= 15 is 0 Å². The maximum atomic E-state index is 8.94. The summed E-state index contributed by atoms with van der Waals surface area (Å²) in [5.74, 6) is 4.41. The molecule has 0 radical (unpaired) electrons. The van der Waals surface area contributed by atoms with Gasteiger partial charge in [0.2, 0.25) is 6.41 Å². The normalized spacial score (nSPS) is 4.20. The van der Waals surface area contributed by atoms with E-state index in [1.807, 2.05) is 0 Å². The summed E-state index contributed by atoms with van der Waals surface area (Å²) in [6, 6.07) is 0. The van der Waals surface area contributed by atoms with Crippen LogP contribution in [0.5, 0.6) is 0 Å². The average molecular weight is 102 g/mol. The van der Waals surface area contributed by atoms with E-state index in [0.29, 0.717) is 6.41 Å². The second-order valence-electron chi connectivity index (χ2n) is 0.285. The van der Waals surface area contributed by atoms with Crippen LogP contribution in [0.15, 0.2) is 0 Å². The molecule has 0 aliphatic rings. The molecule has 0 bridgehead atoms. The molecule has 28 valence electrons.